The number of furan rings is 1. The standard InChI is InChI=1S/C25H25ClN4O4S/c1-17-5-2-3-6-21(17)34-16-23(31)28-25(35)27-18-8-9-20(19(26)15-18)29-10-12-30(13-11-29)24(32)22-7-4-14-33-22/h2-9,14-15H,10-13,16H2,1H3,(H2,27,28,31,35). The van der Waals surface area contributed by atoms with Crippen LogP contribution in [0.2, 0.25) is 5.02 Å². The van der Waals surface area contributed by atoms with Crippen molar-refractivity contribution in [3.63, 3.8) is 0 Å². The van der Waals surface area contributed by atoms with Crippen molar-refractivity contribution in [2.24, 2.45) is 0 Å². The number of anilines is 2. The summed E-state index contributed by atoms with van der Waals surface area (Å²) < 4.78 is 10.7. The number of rotatable bonds is 6. The van der Waals surface area contributed by atoms with Gasteiger partial charge in [0.05, 0.1) is 17.0 Å². The maximum atomic E-state index is 12.5. The second-order valence-electron chi connectivity index (χ2n) is 7.98. The molecule has 2 heterocycles. The fourth-order valence-electron chi connectivity index (χ4n) is 3.73. The smallest absolute Gasteiger partial charge is 0.289 e. The van der Waals surface area contributed by atoms with Crippen LogP contribution < -0.4 is 20.3 Å². The number of hydrogen-bond acceptors (Lipinski definition) is 6. The van der Waals surface area contributed by atoms with E-state index in [0.29, 0.717) is 48.4 Å². The zero-order valence-corrected chi connectivity index (χ0v) is 20.7. The van der Waals surface area contributed by atoms with Crippen LogP contribution in [0.1, 0.15) is 16.1 Å². The summed E-state index contributed by atoms with van der Waals surface area (Å²) in [7, 11) is 0. The molecule has 1 aromatic heterocycles. The van der Waals surface area contributed by atoms with Crippen molar-refractivity contribution in [3.8, 4) is 5.75 Å². The number of carbonyl (C=O) groups excluding carboxylic acids is 2. The Bertz CT molecular complexity index is 1210. The van der Waals surface area contributed by atoms with Gasteiger partial charge in [-0.05, 0) is 61.1 Å². The van der Waals surface area contributed by atoms with E-state index in [4.69, 9.17) is 33.0 Å². The number of ether oxygens (including phenoxy) is 1. The maximum Gasteiger partial charge on any atom is 0.289 e. The van der Waals surface area contributed by atoms with Crippen molar-refractivity contribution < 1.29 is 18.7 Å². The number of carbonyl (C=O) groups is 2. The topological polar surface area (TPSA) is 87.0 Å². The molecule has 4 rings (SSSR count). The molecule has 1 fully saturated rings. The van der Waals surface area contributed by atoms with Crippen molar-refractivity contribution in [3.05, 3.63) is 77.2 Å². The second-order valence-corrected chi connectivity index (χ2v) is 8.79. The van der Waals surface area contributed by atoms with Crippen LogP contribution in [0.25, 0.3) is 0 Å². The van der Waals surface area contributed by atoms with Gasteiger partial charge in [-0.15, -0.1) is 0 Å². The lowest BCUT2D eigenvalue weighted by atomic mass is 10.2. The Morgan fingerprint density at radius 2 is 1.86 bits per heavy atom. The number of hydrogen-bond donors (Lipinski definition) is 2. The fraction of sp³-hybridized carbons (Fsp3) is 0.240. The number of aryl methyl sites for hydroxylation is 1. The van der Waals surface area contributed by atoms with E-state index in [1.54, 1.807) is 29.2 Å². The van der Waals surface area contributed by atoms with Crippen LogP contribution in [0.5, 0.6) is 5.75 Å². The Balaban J connectivity index is 1.26. The molecule has 0 atom stereocenters. The van der Waals surface area contributed by atoms with E-state index in [1.807, 2.05) is 37.3 Å². The molecule has 2 N–H and O–H groups in total. The predicted molar refractivity (Wildman–Crippen MR) is 139 cm³/mol. The van der Waals surface area contributed by atoms with E-state index in [-0.39, 0.29) is 23.5 Å². The summed E-state index contributed by atoms with van der Waals surface area (Å²) in [5.74, 6) is 0.516. The molecule has 10 heteroatoms. The molecule has 0 aliphatic carbocycles. The Kier molecular flexibility index (Phi) is 7.89. The van der Waals surface area contributed by atoms with E-state index < -0.39 is 0 Å². The third-order valence-corrected chi connectivity index (χ3v) is 6.06. The minimum absolute atomic E-state index is 0.111. The average molecular weight is 513 g/mol. The first-order valence-electron chi connectivity index (χ1n) is 11.1. The normalized spacial score (nSPS) is 13.3. The summed E-state index contributed by atoms with van der Waals surface area (Å²) in [6.07, 6.45) is 1.50. The van der Waals surface area contributed by atoms with E-state index in [1.165, 1.54) is 6.26 Å². The highest BCUT2D eigenvalue weighted by Gasteiger charge is 2.24. The number of amides is 2. The first-order chi connectivity index (χ1) is 16.9. The van der Waals surface area contributed by atoms with Gasteiger partial charge in [0.2, 0.25) is 0 Å². The highest BCUT2D eigenvalue weighted by Crippen LogP contribution is 2.30. The Hall–Kier alpha value is -3.56. The number of nitrogens with one attached hydrogen (secondary N) is 2. The lowest BCUT2D eigenvalue weighted by Crippen LogP contribution is -2.48. The van der Waals surface area contributed by atoms with Crippen molar-refractivity contribution in [2.45, 2.75) is 6.92 Å². The van der Waals surface area contributed by atoms with Crippen molar-refractivity contribution in [1.82, 2.24) is 10.2 Å². The minimum Gasteiger partial charge on any atom is -0.483 e. The van der Waals surface area contributed by atoms with Gasteiger partial charge in [-0.25, -0.2) is 0 Å². The molecule has 1 saturated heterocycles. The van der Waals surface area contributed by atoms with Gasteiger partial charge in [-0.3, -0.25) is 14.9 Å². The van der Waals surface area contributed by atoms with Crippen molar-refractivity contribution in [2.75, 3.05) is 43.0 Å². The monoisotopic (exact) mass is 512 g/mol. The second kappa shape index (κ2) is 11.2. The first kappa shape index (κ1) is 24.6. The molecule has 2 aromatic carbocycles. The highest BCUT2D eigenvalue weighted by molar-refractivity contribution is 7.80. The van der Waals surface area contributed by atoms with Crippen LogP contribution in [-0.2, 0) is 4.79 Å². The Morgan fingerprint density at radius 3 is 2.54 bits per heavy atom. The number of benzene rings is 2. The van der Waals surface area contributed by atoms with Gasteiger partial charge in [0.15, 0.2) is 17.5 Å². The number of halogens is 1. The molecule has 1 aliphatic heterocycles. The van der Waals surface area contributed by atoms with Crippen LogP contribution >= 0.6 is 23.8 Å². The summed E-state index contributed by atoms with van der Waals surface area (Å²) in [6, 6.07) is 16.3. The van der Waals surface area contributed by atoms with E-state index in [2.05, 4.69) is 15.5 Å². The zero-order valence-electron chi connectivity index (χ0n) is 19.1. The zero-order chi connectivity index (χ0) is 24.8. The summed E-state index contributed by atoms with van der Waals surface area (Å²) >= 11 is 11.8. The fourth-order valence-corrected chi connectivity index (χ4v) is 4.27. The molecule has 2 amide bonds. The van der Waals surface area contributed by atoms with E-state index in [0.717, 1.165) is 11.3 Å². The molecule has 0 unspecified atom stereocenters. The summed E-state index contributed by atoms with van der Waals surface area (Å²) in [6.45, 7) is 4.18. The molecule has 0 radical (unpaired) electrons. The molecule has 8 nitrogen and oxygen atoms in total. The largest absolute Gasteiger partial charge is 0.483 e. The quantitative estimate of drug-likeness (QED) is 0.481. The maximum absolute atomic E-state index is 12.5. The third-order valence-electron chi connectivity index (χ3n) is 5.55. The van der Waals surface area contributed by atoms with E-state index in [9.17, 15) is 9.59 Å². The molecule has 3 aromatic rings. The van der Waals surface area contributed by atoms with Crippen molar-refractivity contribution in [1.29, 1.82) is 0 Å². The van der Waals surface area contributed by atoms with Gasteiger partial charge >= 0.3 is 0 Å². The van der Waals surface area contributed by atoms with Gasteiger partial charge in [0.1, 0.15) is 5.75 Å². The van der Waals surface area contributed by atoms with Crippen LogP contribution in [0.4, 0.5) is 11.4 Å². The molecule has 0 bridgehead atoms. The first-order valence-corrected chi connectivity index (χ1v) is 11.9. The van der Waals surface area contributed by atoms with E-state index >= 15 is 0 Å². The van der Waals surface area contributed by atoms with Crippen LogP contribution in [-0.4, -0.2) is 54.6 Å². The molecule has 35 heavy (non-hydrogen) atoms. The summed E-state index contributed by atoms with van der Waals surface area (Å²) in [5.41, 5.74) is 2.46. The lowest BCUT2D eigenvalue weighted by molar-refractivity contribution is -0.121. The lowest BCUT2D eigenvalue weighted by Gasteiger charge is -2.36. The summed E-state index contributed by atoms with van der Waals surface area (Å²) in [4.78, 5) is 28.5. The molecule has 0 saturated carbocycles. The molecular formula is C25H25ClN4O4S. The number of para-hydroxylation sites is 1. The number of nitrogens with zero attached hydrogens (tertiary/aromatic N) is 2. The Labute approximate surface area is 213 Å². The van der Waals surface area contributed by atoms with Gasteiger partial charge in [0, 0.05) is 31.9 Å². The highest BCUT2D eigenvalue weighted by atomic mass is 35.5. The van der Waals surface area contributed by atoms with Gasteiger partial charge < -0.3 is 24.3 Å². The minimum atomic E-state index is -0.365. The molecule has 0 spiro atoms. The molecular weight excluding hydrogens is 488 g/mol. The average Bonchev–Trinajstić information content (AvgIpc) is 3.38. The van der Waals surface area contributed by atoms with Gasteiger partial charge in [-0.1, -0.05) is 29.8 Å². The third kappa shape index (κ3) is 6.32. The van der Waals surface area contributed by atoms with Crippen LogP contribution in [0, 0.1) is 6.92 Å². The van der Waals surface area contributed by atoms with Crippen LogP contribution in [0.15, 0.2) is 65.3 Å². The van der Waals surface area contributed by atoms with Crippen LogP contribution in [0.3, 0.4) is 0 Å². The summed E-state index contributed by atoms with van der Waals surface area (Å²) in [5, 5.41) is 6.26. The number of piperazine rings is 1. The SMILES string of the molecule is Cc1ccccc1OCC(=O)NC(=S)Nc1ccc(N2CCN(C(=O)c3ccco3)CC2)c(Cl)c1. The van der Waals surface area contributed by atoms with Gasteiger partial charge in [-0.2, -0.15) is 0 Å². The predicted octanol–water partition coefficient (Wildman–Crippen LogP) is 4.10. The van der Waals surface area contributed by atoms with Gasteiger partial charge in [0.25, 0.3) is 11.8 Å². The number of thiocarbonyl (C=S) groups is 1. The van der Waals surface area contributed by atoms with Crippen molar-refractivity contribution >= 4 is 52.1 Å². The Morgan fingerprint density at radius 1 is 1.09 bits per heavy atom. The molecule has 1 aliphatic rings. The molecule has 182 valence electrons.